The van der Waals surface area contributed by atoms with Crippen LogP contribution in [0, 0.1) is 6.92 Å². The number of anilines is 2. The molecule has 0 radical (unpaired) electrons. The molecular weight excluding hydrogens is 378 g/mol. The first-order valence-corrected chi connectivity index (χ1v) is 10.1. The highest BCUT2D eigenvalue weighted by Crippen LogP contribution is 2.22. The lowest BCUT2D eigenvalue weighted by atomic mass is 10.0. The van der Waals surface area contributed by atoms with Crippen LogP contribution in [0.2, 0.25) is 0 Å². The molecular formula is C22H23N7O. The van der Waals surface area contributed by atoms with E-state index < -0.39 is 0 Å². The van der Waals surface area contributed by atoms with E-state index in [0.717, 1.165) is 36.6 Å². The summed E-state index contributed by atoms with van der Waals surface area (Å²) in [4.78, 5) is 26.3. The van der Waals surface area contributed by atoms with Crippen LogP contribution in [0.15, 0.2) is 47.5 Å². The Morgan fingerprint density at radius 2 is 2.07 bits per heavy atom. The fourth-order valence-corrected chi connectivity index (χ4v) is 3.99. The number of benzene rings is 1. The highest BCUT2D eigenvalue weighted by atomic mass is 16.1. The Morgan fingerprint density at radius 3 is 2.90 bits per heavy atom. The van der Waals surface area contributed by atoms with E-state index in [9.17, 15) is 4.79 Å². The van der Waals surface area contributed by atoms with E-state index in [1.165, 1.54) is 11.1 Å². The summed E-state index contributed by atoms with van der Waals surface area (Å²) in [6.45, 7) is 6.28. The number of fused-ring (bicyclic) bond motifs is 2. The predicted molar refractivity (Wildman–Crippen MR) is 116 cm³/mol. The quantitative estimate of drug-likeness (QED) is 0.547. The number of hydrogen-bond donors (Lipinski definition) is 2. The third-order valence-electron chi connectivity index (χ3n) is 5.45. The van der Waals surface area contributed by atoms with Gasteiger partial charge in [0.2, 0.25) is 5.95 Å². The van der Waals surface area contributed by atoms with Crippen LogP contribution >= 0.6 is 0 Å². The monoisotopic (exact) mass is 401 g/mol. The van der Waals surface area contributed by atoms with E-state index in [0.29, 0.717) is 23.5 Å². The Morgan fingerprint density at radius 1 is 1.17 bits per heavy atom. The minimum absolute atomic E-state index is 0.103. The smallest absolute Gasteiger partial charge is 0.278 e. The average Bonchev–Trinajstić information content (AvgIpc) is 3.04. The van der Waals surface area contributed by atoms with Gasteiger partial charge >= 0.3 is 0 Å². The molecule has 1 aliphatic heterocycles. The van der Waals surface area contributed by atoms with Crippen LogP contribution in [-0.2, 0) is 19.5 Å². The van der Waals surface area contributed by atoms with E-state index in [2.05, 4.69) is 32.7 Å². The lowest BCUT2D eigenvalue weighted by Gasteiger charge is -2.18. The largest absolute Gasteiger partial charge is 0.324 e. The van der Waals surface area contributed by atoms with E-state index >= 15 is 0 Å². The van der Waals surface area contributed by atoms with Gasteiger partial charge in [-0.1, -0.05) is 6.07 Å². The maximum atomic E-state index is 12.9. The summed E-state index contributed by atoms with van der Waals surface area (Å²) in [7, 11) is 0. The summed E-state index contributed by atoms with van der Waals surface area (Å²) in [6, 6.07) is 10.2. The second-order valence-corrected chi connectivity index (χ2v) is 7.45. The van der Waals surface area contributed by atoms with Gasteiger partial charge in [-0.2, -0.15) is 4.98 Å². The Balaban J connectivity index is 1.60. The lowest BCUT2D eigenvalue weighted by molar-refractivity contribution is 0.574. The van der Waals surface area contributed by atoms with Gasteiger partial charge in [-0.15, -0.1) is 0 Å². The van der Waals surface area contributed by atoms with Crippen molar-refractivity contribution in [2.75, 3.05) is 11.9 Å². The summed E-state index contributed by atoms with van der Waals surface area (Å²) in [5, 5.41) is 7.18. The predicted octanol–water partition coefficient (Wildman–Crippen LogP) is 2.69. The number of hydrogen-bond acceptors (Lipinski definition) is 6. The van der Waals surface area contributed by atoms with Crippen molar-refractivity contribution < 1.29 is 0 Å². The molecule has 0 bridgehead atoms. The fraction of sp³-hybridized carbons (Fsp3) is 0.273. The maximum absolute atomic E-state index is 12.9. The summed E-state index contributed by atoms with van der Waals surface area (Å²) in [5.41, 5.74) is 5.78. The molecule has 3 aromatic heterocycles. The van der Waals surface area contributed by atoms with Crippen molar-refractivity contribution in [1.29, 1.82) is 0 Å². The zero-order valence-corrected chi connectivity index (χ0v) is 17.0. The second-order valence-electron chi connectivity index (χ2n) is 7.45. The molecule has 0 aliphatic carbocycles. The van der Waals surface area contributed by atoms with Gasteiger partial charge in [-0.05, 0) is 62.2 Å². The Kier molecular flexibility index (Phi) is 4.55. The standard InChI is InChI=1S/C22H23N7O/c1-3-28-21(30)19-13-25-22(26-17-5-4-15-6-8-23-12-16(15)11-17)27-20(19)29(28)18-7-9-24-14(2)10-18/h4-5,7,9-11,13,23H,3,6,8,12H2,1-2H3,(H,25,26,27). The molecule has 0 atom stereocenters. The minimum Gasteiger partial charge on any atom is -0.324 e. The van der Waals surface area contributed by atoms with Crippen molar-refractivity contribution in [2.45, 2.75) is 33.4 Å². The molecule has 0 saturated carbocycles. The van der Waals surface area contributed by atoms with Crippen LogP contribution in [0.4, 0.5) is 11.6 Å². The first kappa shape index (κ1) is 18.5. The molecule has 0 fully saturated rings. The van der Waals surface area contributed by atoms with Gasteiger partial charge in [0, 0.05) is 36.9 Å². The zero-order valence-electron chi connectivity index (χ0n) is 17.0. The summed E-state index contributed by atoms with van der Waals surface area (Å²) >= 11 is 0. The number of aromatic nitrogens is 5. The molecule has 2 N–H and O–H groups in total. The van der Waals surface area contributed by atoms with E-state index in [1.807, 2.05) is 36.7 Å². The summed E-state index contributed by atoms with van der Waals surface area (Å²) < 4.78 is 3.51. The molecule has 8 nitrogen and oxygen atoms in total. The van der Waals surface area contributed by atoms with Crippen LogP contribution in [0.25, 0.3) is 16.7 Å². The molecule has 1 aliphatic rings. The highest BCUT2D eigenvalue weighted by molar-refractivity contribution is 5.77. The SMILES string of the molecule is CCn1c(=O)c2cnc(Nc3ccc4c(c3)CNCC4)nc2n1-c1ccnc(C)c1. The number of rotatable bonds is 4. The van der Waals surface area contributed by atoms with Crippen LogP contribution < -0.4 is 16.2 Å². The lowest BCUT2D eigenvalue weighted by Crippen LogP contribution is -2.23. The molecule has 4 aromatic rings. The van der Waals surface area contributed by atoms with E-state index in [1.54, 1.807) is 17.1 Å². The third kappa shape index (κ3) is 3.15. The Bertz CT molecular complexity index is 1300. The van der Waals surface area contributed by atoms with Gasteiger partial charge in [0.1, 0.15) is 5.39 Å². The van der Waals surface area contributed by atoms with Gasteiger partial charge in [0.25, 0.3) is 5.56 Å². The number of nitrogens with one attached hydrogen (secondary N) is 2. The zero-order chi connectivity index (χ0) is 20.7. The normalized spacial score (nSPS) is 13.4. The molecule has 30 heavy (non-hydrogen) atoms. The maximum Gasteiger partial charge on any atom is 0.278 e. The van der Waals surface area contributed by atoms with Gasteiger partial charge in [-0.3, -0.25) is 9.78 Å². The number of nitrogens with zero attached hydrogens (tertiary/aromatic N) is 5. The molecule has 0 spiro atoms. The fourth-order valence-electron chi connectivity index (χ4n) is 3.99. The molecule has 0 amide bonds. The summed E-state index contributed by atoms with van der Waals surface area (Å²) in [5.74, 6) is 0.457. The Hall–Kier alpha value is -3.52. The number of pyridine rings is 1. The molecule has 1 aromatic carbocycles. The van der Waals surface area contributed by atoms with Crippen molar-refractivity contribution in [3.05, 3.63) is 69.9 Å². The van der Waals surface area contributed by atoms with Gasteiger partial charge < -0.3 is 10.6 Å². The highest BCUT2D eigenvalue weighted by Gasteiger charge is 2.17. The molecule has 0 unspecified atom stereocenters. The van der Waals surface area contributed by atoms with Crippen molar-refractivity contribution >= 4 is 22.7 Å². The number of aryl methyl sites for hydroxylation is 1. The molecule has 0 saturated heterocycles. The van der Waals surface area contributed by atoms with Crippen LogP contribution in [0.5, 0.6) is 0 Å². The first-order valence-electron chi connectivity index (χ1n) is 10.1. The molecule has 152 valence electrons. The van der Waals surface area contributed by atoms with E-state index in [4.69, 9.17) is 4.98 Å². The average molecular weight is 401 g/mol. The molecule has 4 heterocycles. The van der Waals surface area contributed by atoms with Crippen LogP contribution in [0.1, 0.15) is 23.7 Å². The minimum atomic E-state index is -0.103. The van der Waals surface area contributed by atoms with E-state index in [-0.39, 0.29) is 5.56 Å². The van der Waals surface area contributed by atoms with Crippen molar-refractivity contribution in [3.8, 4) is 5.69 Å². The summed E-state index contributed by atoms with van der Waals surface area (Å²) in [6.07, 6.45) is 4.38. The second kappa shape index (κ2) is 7.38. The van der Waals surface area contributed by atoms with Gasteiger partial charge in [0.15, 0.2) is 5.65 Å². The topological polar surface area (TPSA) is 89.7 Å². The van der Waals surface area contributed by atoms with Crippen molar-refractivity contribution in [1.82, 2.24) is 29.6 Å². The van der Waals surface area contributed by atoms with Gasteiger partial charge in [0.05, 0.1) is 5.69 Å². The van der Waals surface area contributed by atoms with Crippen molar-refractivity contribution in [2.24, 2.45) is 0 Å². The van der Waals surface area contributed by atoms with Gasteiger partial charge in [-0.25, -0.2) is 14.3 Å². The Labute approximate surface area is 173 Å². The van der Waals surface area contributed by atoms with Crippen LogP contribution in [0.3, 0.4) is 0 Å². The van der Waals surface area contributed by atoms with Crippen LogP contribution in [-0.4, -0.2) is 30.9 Å². The first-order chi connectivity index (χ1) is 14.6. The van der Waals surface area contributed by atoms with Crippen molar-refractivity contribution in [3.63, 3.8) is 0 Å². The molecule has 5 rings (SSSR count). The third-order valence-corrected chi connectivity index (χ3v) is 5.45. The molecule has 8 heteroatoms.